The molecule has 2 aromatic rings. The lowest BCUT2D eigenvalue weighted by atomic mass is 9.97. The molecular formula is C19H27BrN2O2S. The van der Waals surface area contributed by atoms with Gasteiger partial charge in [-0.3, -0.25) is 0 Å². The van der Waals surface area contributed by atoms with Gasteiger partial charge in [-0.15, -0.1) is 0 Å². The molecule has 25 heavy (non-hydrogen) atoms. The van der Waals surface area contributed by atoms with E-state index in [0.717, 1.165) is 34.8 Å². The third kappa shape index (κ3) is 3.96. The Kier molecular flexibility index (Phi) is 4.84. The Balaban J connectivity index is 2.07. The highest BCUT2D eigenvalue weighted by Gasteiger charge is 2.37. The normalized spacial score (nSPS) is 17.2. The van der Waals surface area contributed by atoms with Crippen molar-refractivity contribution in [3.05, 3.63) is 33.9 Å². The van der Waals surface area contributed by atoms with Crippen LogP contribution in [0.1, 0.15) is 57.7 Å². The molecule has 138 valence electrons. The van der Waals surface area contributed by atoms with E-state index in [1.807, 2.05) is 13.0 Å². The smallest absolute Gasteiger partial charge is 0.215 e. The number of fused-ring (bicyclic) bond motifs is 1. The summed E-state index contributed by atoms with van der Waals surface area (Å²) in [4.78, 5) is 0. The van der Waals surface area contributed by atoms with E-state index < -0.39 is 10.0 Å². The highest BCUT2D eigenvalue weighted by Crippen LogP contribution is 2.35. The molecule has 1 aliphatic carbocycles. The summed E-state index contributed by atoms with van der Waals surface area (Å²) in [5.41, 5.74) is 3.54. The molecule has 4 nitrogen and oxygen atoms in total. The summed E-state index contributed by atoms with van der Waals surface area (Å²) >= 11 is 3.63. The fourth-order valence-electron chi connectivity index (χ4n) is 3.35. The Bertz CT molecular complexity index is 906. The van der Waals surface area contributed by atoms with Crippen LogP contribution in [0.25, 0.3) is 10.9 Å². The highest BCUT2D eigenvalue weighted by molar-refractivity contribution is 9.10. The zero-order valence-corrected chi connectivity index (χ0v) is 18.0. The fraction of sp³-hybridized carbons (Fsp3) is 0.579. The Hall–Kier alpha value is -0.850. The van der Waals surface area contributed by atoms with Crippen molar-refractivity contribution < 1.29 is 8.42 Å². The van der Waals surface area contributed by atoms with Gasteiger partial charge < -0.3 is 4.57 Å². The van der Waals surface area contributed by atoms with Crippen molar-refractivity contribution in [3.63, 3.8) is 0 Å². The van der Waals surface area contributed by atoms with Crippen molar-refractivity contribution >= 4 is 36.9 Å². The maximum absolute atomic E-state index is 12.3. The van der Waals surface area contributed by atoms with Crippen LogP contribution in [0.4, 0.5) is 0 Å². The van der Waals surface area contributed by atoms with Gasteiger partial charge in [0.05, 0.1) is 10.8 Å². The van der Waals surface area contributed by atoms with Gasteiger partial charge >= 0.3 is 0 Å². The first kappa shape index (κ1) is 18.9. The molecule has 1 N–H and O–H groups in total. The number of aromatic nitrogens is 1. The fourth-order valence-corrected chi connectivity index (χ4v) is 5.23. The van der Waals surface area contributed by atoms with Crippen LogP contribution in [-0.2, 0) is 16.6 Å². The lowest BCUT2D eigenvalue weighted by molar-refractivity contribution is 0.348. The average molecular weight is 427 g/mol. The molecule has 0 saturated heterocycles. The molecule has 1 fully saturated rings. The summed E-state index contributed by atoms with van der Waals surface area (Å²) in [5, 5.41) is 0.921. The largest absolute Gasteiger partial charge is 0.346 e. The molecule has 1 aromatic carbocycles. The first-order chi connectivity index (χ1) is 11.5. The lowest BCUT2D eigenvalue weighted by Gasteiger charge is -2.20. The standard InChI is InChI=1S/C19H27BrN2O2S/c1-12-17(20)9-8-15-16(10-22(18(12)15)11-19(3,4)5)13(2)21-25(23,24)14-6-7-14/h8-10,13-14,21H,6-7,11H2,1-5H3/t13-/m1/s1. The minimum atomic E-state index is -3.22. The van der Waals surface area contributed by atoms with E-state index in [0.29, 0.717) is 0 Å². The molecule has 1 heterocycles. The second-order valence-electron chi connectivity index (χ2n) is 8.43. The van der Waals surface area contributed by atoms with Crippen LogP contribution in [-0.4, -0.2) is 18.2 Å². The number of aryl methyl sites for hydroxylation is 1. The van der Waals surface area contributed by atoms with Gasteiger partial charge in [-0.1, -0.05) is 42.8 Å². The third-order valence-corrected chi connectivity index (χ3v) is 7.56. The Morgan fingerprint density at radius 2 is 1.96 bits per heavy atom. The summed E-state index contributed by atoms with van der Waals surface area (Å²) in [6.07, 6.45) is 3.68. The first-order valence-electron chi connectivity index (χ1n) is 8.78. The van der Waals surface area contributed by atoms with Gasteiger partial charge in [0, 0.05) is 28.6 Å². The number of halogens is 1. The molecular weight excluding hydrogens is 400 g/mol. The van der Waals surface area contributed by atoms with Gasteiger partial charge in [0.15, 0.2) is 0 Å². The topological polar surface area (TPSA) is 51.1 Å². The number of sulfonamides is 1. The molecule has 1 saturated carbocycles. The van der Waals surface area contributed by atoms with Crippen molar-refractivity contribution in [1.82, 2.24) is 9.29 Å². The van der Waals surface area contributed by atoms with Crippen LogP contribution in [0.15, 0.2) is 22.8 Å². The molecule has 0 bridgehead atoms. The van der Waals surface area contributed by atoms with Gasteiger partial charge in [-0.05, 0) is 49.3 Å². The van der Waals surface area contributed by atoms with E-state index >= 15 is 0 Å². The molecule has 1 atom stereocenters. The van der Waals surface area contributed by atoms with Crippen molar-refractivity contribution in [2.75, 3.05) is 0 Å². The minimum absolute atomic E-state index is 0.134. The number of nitrogens with zero attached hydrogens (tertiary/aromatic N) is 1. The van der Waals surface area contributed by atoms with Crippen molar-refractivity contribution in [2.24, 2.45) is 5.41 Å². The zero-order chi connectivity index (χ0) is 18.6. The number of nitrogens with one attached hydrogen (secondary N) is 1. The third-order valence-electron chi connectivity index (χ3n) is 4.67. The molecule has 0 radical (unpaired) electrons. The van der Waals surface area contributed by atoms with Gasteiger partial charge in [0.1, 0.15) is 0 Å². The molecule has 6 heteroatoms. The summed E-state index contributed by atoms with van der Waals surface area (Å²) in [5.74, 6) is 0. The van der Waals surface area contributed by atoms with Gasteiger partial charge in [0.25, 0.3) is 0 Å². The number of hydrogen-bond donors (Lipinski definition) is 1. The second kappa shape index (κ2) is 6.39. The predicted molar refractivity (Wildman–Crippen MR) is 107 cm³/mol. The Morgan fingerprint density at radius 3 is 2.52 bits per heavy atom. The predicted octanol–water partition coefficient (Wildman–Crippen LogP) is 4.90. The summed E-state index contributed by atoms with van der Waals surface area (Å²) in [6.45, 7) is 11.6. The molecule has 1 aliphatic rings. The highest BCUT2D eigenvalue weighted by atomic mass is 79.9. The summed E-state index contributed by atoms with van der Waals surface area (Å²) in [7, 11) is -3.22. The quantitative estimate of drug-likeness (QED) is 0.738. The average Bonchev–Trinajstić information content (AvgIpc) is 3.25. The Morgan fingerprint density at radius 1 is 1.32 bits per heavy atom. The number of benzene rings is 1. The molecule has 0 unspecified atom stereocenters. The number of hydrogen-bond acceptors (Lipinski definition) is 2. The van der Waals surface area contributed by atoms with Crippen molar-refractivity contribution in [2.45, 2.75) is 65.3 Å². The van der Waals surface area contributed by atoms with Crippen LogP contribution >= 0.6 is 15.9 Å². The van der Waals surface area contributed by atoms with E-state index in [-0.39, 0.29) is 16.7 Å². The van der Waals surface area contributed by atoms with Crippen molar-refractivity contribution in [3.8, 4) is 0 Å². The van der Waals surface area contributed by atoms with Crippen LogP contribution < -0.4 is 4.72 Å². The van der Waals surface area contributed by atoms with Gasteiger partial charge in [-0.2, -0.15) is 0 Å². The van der Waals surface area contributed by atoms with E-state index in [1.165, 1.54) is 11.1 Å². The number of rotatable bonds is 5. The van der Waals surface area contributed by atoms with E-state index in [4.69, 9.17) is 0 Å². The Labute approximate surface area is 159 Å². The SMILES string of the molecule is Cc1c(Br)ccc2c([C@@H](C)NS(=O)(=O)C3CC3)cn(CC(C)(C)C)c12. The van der Waals surface area contributed by atoms with Crippen LogP contribution in [0, 0.1) is 12.3 Å². The minimum Gasteiger partial charge on any atom is -0.346 e. The van der Waals surface area contributed by atoms with Gasteiger partial charge in [-0.25, -0.2) is 13.1 Å². The van der Waals surface area contributed by atoms with Crippen LogP contribution in [0.5, 0.6) is 0 Å². The zero-order valence-electron chi connectivity index (χ0n) is 15.6. The van der Waals surface area contributed by atoms with E-state index in [2.05, 4.69) is 65.2 Å². The van der Waals surface area contributed by atoms with E-state index in [1.54, 1.807) is 0 Å². The molecule has 0 amide bonds. The molecule has 1 aromatic heterocycles. The molecule has 0 spiro atoms. The maximum atomic E-state index is 12.3. The van der Waals surface area contributed by atoms with Gasteiger partial charge in [0.2, 0.25) is 10.0 Å². The maximum Gasteiger partial charge on any atom is 0.215 e. The summed E-state index contributed by atoms with van der Waals surface area (Å²) < 4.78 is 30.9. The van der Waals surface area contributed by atoms with E-state index in [9.17, 15) is 8.42 Å². The van der Waals surface area contributed by atoms with Crippen molar-refractivity contribution in [1.29, 1.82) is 0 Å². The monoisotopic (exact) mass is 426 g/mol. The van der Waals surface area contributed by atoms with Crippen LogP contribution in [0.3, 0.4) is 0 Å². The molecule has 3 rings (SSSR count). The first-order valence-corrected chi connectivity index (χ1v) is 11.1. The molecule has 0 aliphatic heterocycles. The van der Waals surface area contributed by atoms with Crippen LogP contribution in [0.2, 0.25) is 0 Å². The lowest BCUT2D eigenvalue weighted by Crippen LogP contribution is -2.29. The summed E-state index contributed by atoms with van der Waals surface area (Å²) in [6, 6.07) is 3.89. The second-order valence-corrected chi connectivity index (χ2v) is 11.3.